The number of aromatic amines is 1. The van der Waals surface area contributed by atoms with E-state index in [2.05, 4.69) is 33.0 Å². The lowest BCUT2D eigenvalue weighted by Crippen LogP contribution is -2.80. The zero-order valence-electron chi connectivity index (χ0n) is 37.2. The van der Waals surface area contributed by atoms with Gasteiger partial charge < -0.3 is 38.8 Å². The Bertz CT molecular complexity index is 2390. The summed E-state index contributed by atoms with van der Waals surface area (Å²) in [6, 6.07) is 11.0. The Morgan fingerprint density at radius 3 is 2.52 bits per heavy atom. The van der Waals surface area contributed by atoms with Crippen LogP contribution in [0.5, 0.6) is 5.75 Å². The number of methoxy groups -OCH3 is 2. The Balaban J connectivity index is 1.24. The second-order valence-corrected chi connectivity index (χ2v) is 19.9. The number of esters is 3. The molecule has 1 aromatic heterocycles. The van der Waals surface area contributed by atoms with Gasteiger partial charge in [-0.05, 0) is 87.6 Å². The van der Waals surface area contributed by atoms with Crippen LogP contribution in [0.1, 0.15) is 81.7 Å². The molecule has 63 heavy (non-hydrogen) atoms. The number of aromatic nitrogens is 1. The van der Waals surface area contributed by atoms with Crippen molar-refractivity contribution >= 4 is 34.5 Å². The minimum atomic E-state index is -2.92. The molecule has 338 valence electrons. The van der Waals surface area contributed by atoms with Gasteiger partial charge in [0.2, 0.25) is 5.92 Å². The van der Waals surface area contributed by atoms with E-state index in [0.29, 0.717) is 62.4 Å². The van der Waals surface area contributed by atoms with Gasteiger partial charge in [-0.3, -0.25) is 19.3 Å². The molecule has 10 rings (SSSR count). The van der Waals surface area contributed by atoms with E-state index in [-0.39, 0.29) is 49.8 Å². The summed E-state index contributed by atoms with van der Waals surface area (Å²) < 4.78 is 55.5. The number of benzene rings is 2. The van der Waals surface area contributed by atoms with Gasteiger partial charge in [0.05, 0.1) is 26.2 Å². The number of nitrogens with zero attached hydrogens (tertiary/aromatic N) is 3. The number of halogens is 2. The fraction of sp³-hybridized carbons (Fsp3) is 0.612. The predicted octanol–water partition coefficient (Wildman–Crippen LogP) is 5.90. The summed E-state index contributed by atoms with van der Waals surface area (Å²) in [7, 11) is 4.88. The fourth-order valence-corrected chi connectivity index (χ4v) is 14.0. The fourth-order valence-electron chi connectivity index (χ4n) is 14.0. The van der Waals surface area contributed by atoms with Gasteiger partial charge in [-0.15, -0.1) is 0 Å². The SMILES string of the molecule is CC[C@]12C=CCN3CC[C@@]4(c5cc([C@@]6(C(=O)OC)C[C@@H]7C[C@@H](C(C)(F)F)CN(CCc8c6[nH]c6ccccc86)C7)c(OC)cc5N(C)[C@H]4[C@@](O)(COC(=O)C4CC4)[C@@H]1OC(C)=O)[C@@H]32. The number of para-hydroxylation sites is 1. The maximum absolute atomic E-state index is 15.4. The highest BCUT2D eigenvalue weighted by molar-refractivity contribution is 5.94. The zero-order valence-corrected chi connectivity index (χ0v) is 37.2. The molecule has 7 aliphatic rings. The molecular weight excluding hydrogens is 811 g/mol. The van der Waals surface area contributed by atoms with Gasteiger partial charge in [0, 0.05) is 96.9 Å². The number of hydrogen-bond donors (Lipinski definition) is 2. The highest BCUT2D eigenvalue weighted by Crippen LogP contribution is 2.68. The number of piperidine rings is 1. The number of alkyl halides is 2. The van der Waals surface area contributed by atoms with Gasteiger partial charge >= 0.3 is 17.9 Å². The highest BCUT2D eigenvalue weighted by atomic mass is 19.3. The summed E-state index contributed by atoms with van der Waals surface area (Å²) in [4.78, 5) is 52.2. The average Bonchev–Trinajstić information content (AvgIpc) is 3.88. The third-order valence-corrected chi connectivity index (χ3v) is 16.5. The molecule has 2 aromatic carbocycles. The lowest BCUT2D eigenvalue weighted by Gasteiger charge is -2.64. The van der Waals surface area contributed by atoms with Crippen LogP contribution in [0.25, 0.3) is 10.9 Å². The third kappa shape index (κ3) is 6.01. The Hall–Kier alpha value is -4.53. The molecule has 1 spiro atoms. The number of ether oxygens (including phenoxy) is 4. The van der Waals surface area contributed by atoms with Crippen LogP contribution in [0.4, 0.5) is 14.5 Å². The maximum Gasteiger partial charge on any atom is 0.322 e. The van der Waals surface area contributed by atoms with Gasteiger partial charge in [0.15, 0.2) is 5.60 Å². The number of likely N-dealkylation sites (N-methyl/N-ethyl adjacent to an activating group) is 1. The number of aliphatic hydroxyl groups is 1. The minimum absolute atomic E-state index is 0.177. The molecule has 1 unspecified atom stereocenters. The monoisotopic (exact) mass is 870 g/mol. The van der Waals surface area contributed by atoms with Gasteiger partial charge in [-0.1, -0.05) is 37.3 Å². The first-order valence-electron chi connectivity index (χ1n) is 22.8. The van der Waals surface area contributed by atoms with Crippen molar-refractivity contribution in [1.82, 2.24) is 14.8 Å². The molecule has 2 saturated carbocycles. The van der Waals surface area contributed by atoms with E-state index in [9.17, 15) is 14.7 Å². The van der Waals surface area contributed by atoms with Crippen LogP contribution in [0.15, 0.2) is 48.6 Å². The average molecular weight is 871 g/mol. The van der Waals surface area contributed by atoms with Gasteiger partial charge in [0.25, 0.3) is 0 Å². The maximum atomic E-state index is 15.4. The standard InChI is InChI=1S/C49H60F2N4O8/c1-7-46-16-10-18-55-20-17-47(41(46)55)34-22-35(38(60-5)23-37(34)53(4)42(47)49(59,43(46)63-28(2)56)27-62-40(57)30-13-14-30)48(44(58)61-6)24-29-21-31(45(3,50)51)26-54(25-29)19-15-33-32-11-8-9-12-36(32)52-39(33)48/h8-12,16,22-23,29-31,41-43,52,59H,7,13-15,17-21,24-27H2,1-6H3/t29-,31+,41-,42+,43+,46+,47+,48-,49-/m0/s1. The lowest BCUT2D eigenvalue weighted by molar-refractivity contribution is -0.232. The van der Waals surface area contributed by atoms with E-state index in [4.69, 9.17) is 18.9 Å². The predicted molar refractivity (Wildman–Crippen MR) is 231 cm³/mol. The minimum Gasteiger partial charge on any atom is -0.496 e. The highest BCUT2D eigenvalue weighted by Gasteiger charge is 2.78. The van der Waals surface area contributed by atoms with E-state index in [1.165, 1.54) is 14.0 Å². The van der Waals surface area contributed by atoms with Crippen molar-refractivity contribution < 1.29 is 47.2 Å². The molecular formula is C49H60F2N4O8. The first kappa shape index (κ1) is 42.4. The van der Waals surface area contributed by atoms with Crippen LogP contribution in [0.3, 0.4) is 0 Å². The van der Waals surface area contributed by atoms with Crippen molar-refractivity contribution in [3.8, 4) is 5.75 Å². The molecule has 10 atom stereocenters. The Morgan fingerprint density at radius 1 is 1.05 bits per heavy atom. The molecule has 6 heterocycles. The smallest absolute Gasteiger partial charge is 0.322 e. The van der Waals surface area contributed by atoms with Crippen LogP contribution in [-0.2, 0) is 45.8 Å². The van der Waals surface area contributed by atoms with Crippen LogP contribution >= 0.6 is 0 Å². The number of nitrogens with one attached hydrogen (secondary N) is 1. The van der Waals surface area contributed by atoms with Gasteiger partial charge in [0.1, 0.15) is 23.9 Å². The summed E-state index contributed by atoms with van der Waals surface area (Å²) in [6.45, 7) is 6.69. The van der Waals surface area contributed by atoms with E-state index in [0.717, 1.165) is 47.5 Å². The first-order chi connectivity index (χ1) is 30.1. The van der Waals surface area contributed by atoms with E-state index in [1.807, 2.05) is 49.2 Å². The second-order valence-electron chi connectivity index (χ2n) is 19.9. The van der Waals surface area contributed by atoms with Crippen molar-refractivity contribution in [2.75, 3.05) is 65.5 Å². The number of hydrogen-bond acceptors (Lipinski definition) is 11. The Kier molecular flexibility index (Phi) is 9.93. The van der Waals surface area contributed by atoms with E-state index in [1.54, 1.807) is 7.11 Å². The molecule has 2 aliphatic carbocycles. The number of carbonyl (C=O) groups excluding carboxylic acids is 3. The molecule has 2 bridgehead atoms. The van der Waals surface area contributed by atoms with Crippen LogP contribution in [0.2, 0.25) is 0 Å². The van der Waals surface area contributed by atoms with Crippen LogP contribution in [-0.4, -0.2) is 128 Å². The van der Waals surface area contributed by atoms with Crippen LogP contribution < -0.4 is 9.64 Å². The number of H-pyrrole nitrogens is 1. The van der Waals surface area contributed by atoms with E-state index < -0.39 is 57.8 Å². The molecule has 12 nitrogen and oxygen atoms in total. The molecule has 3 aromatic rings. The number of fused-ring (bicyclic) bond motifs is 6. The largest absolute Gasteiger partial charge is 0.496 e. The van der Waals surface area contributed by atoms with E-state index >= 15 is 13.6 Å². The van der Waals surface area contributed by atoms with Crippen molar-refractivity contribution in [3.63, 3.8) is 0 Å². The molecule has 14 heteroatoms. The Morgan fingerprint density at radius 2 is 1.83 bits per heavy atom. The molecule has 5 aliphatic heterocycles. The summed E-state index contributed by atoms with van der Waals surface area (Å²) in [5, 5.41) is 14.6. The molecule has 4 fully saturated rings. The second kappa shape index (κ2) is 14.7. The summed E-state index contributed by atoms with van der Waals surface area (Å²) >= 11 is 0. The molecule has 2 N–H and O–H groups in total. The number of rotatable bonds is 9. The third-order valence-electron chi connectivity index (χ3n) is 16.5. The van der Waals surface area contributed by atoms with Crippen molar-refractivity contribution in [1.29, 1.82) is 0 Å². The summed E-state index contributed by atoms with van der Waals surface area (Å²) in [6.07, 6.45) is 6.60. The number of carbonyl (C=O) groups is 3. The first-order valence-corrected chi connectivity index (χ1v) is 22.8. The molecule has 0 radical (unpaired) electrons. The normalized spacial score (nSPS) is 35.7. The quantitative estimate of drug-likeness (QED) is 0.151. The van der Waals surface area contributed by atoms with Gasteiger partial charge in [-0.25, -0.2) is 8.78 Å². The molecule has 2 saturated heterocycles. The van der Waals surface area contributed by atoms with Crippen molar-refractivity contribution in [3.05, 3.63) is 70.9 Å². The molecule has 0 amide bonds. The van der Waals surface area contributed by atoms with Crippen LogP contribution in [0, 0.1) is 23.2 Å². The topological polar surface area (TPSA) is 134 Å². The Labute approximate surface area is 367 Å². The lowest BCUT2D eigenvalue weighted by atomic mass is 9.47. The summed E-state index contributed by atoms with van der Waals surface area (Å²) in [5.41, 5.74) is -0.511. The van der Waals surface area contributed by atoms with Gasteiger partial charge in [-0.2, -0.15) is 0 Å². The number of anilines is 1. The van der Waals surface area contributed by atoms with Crippen molar-refractivity contribution in [2.45, 2.75) is 106 Å². The summed E-state index contributed by atoms with van der Waals surface area (Å²) in [5.74, 6) is -5.40. The van der Waals surface area contributed by atoms with Crippen molar-refractivity contribution in [2.24, 2.45) is 23.2 Å². The zero-order chi connectivity index (χ0) is 44.4.